The molecule has 0 amide bonds. The molecule has 1 atom stereocenters. The molecule has 1 saturated heterocycles. The first-order valence-electron chi connectivity index (χ1n) is 5.38. The van der Waals surface area contributed by atoms with Crippen LogP contribution in [0.25, 0.3) is 0 Å². The number of nitrogens with one attached hydrogen (secondary N) is 1. The fraction of sp³-hybridized carbons (Fsp3) is 1.00. The van der Waals surface area contributed by atoms with Gasteiger partial charge in [0.25, 0.3) is 0 Å². The molecule has 0 aliphatic carbocycles. The molecule has 1 fully saturated rings. The third-order valence-corrected chi connectivity index (χ3v) is 2.80. The molecule has 0 bridgehead atoms. The van der Waals surface area contributed by atoms with E-state index in [1.165, 1.54) is 0 Å². The first-order chi connectivity index (χ1) is 6.74. The van der Waals surface area contributed by atoms with Gasteiger partial charge < -0.3 is 15.2 Å². The summed E-state index contributed by atoms with van der Waals surface area (Å²) in [5, 5.41) is 12.8. The molecule has 0 radical (unpaired) electrons. The largest absolute Gasteiger partial charge is 0.383 e. The van der Waals surface area contributed by atoms with Crippen molar-refractivity contribution in [3.8, 4) is 0 Å². The van der Waals surface area contributed by atoms with Crippen molar-refractivity contribution < 1.29 is 9.84 Å². The van der Waals surface area contributed by atoms with Crippen LogP contribution in [0.5, 0.6) is 0 Å². The molecule has 0 aromatic carbocycles. The van der Waals surface area contributed by atoms with Crippen molar-refractivity contribution in [2.75, 3.05) is 33.4 Å². The van der Waals surface area contributed by atoms with Gasteiger partial charge in [0.1, 0.15) is 6.23 Å². The summed E-state index contributed by atoms with van der Waals surface area (Å²) in [6, 6.07) is 0.597. The Morgan fingerprint density at radius 3 is 2.64 bits per heavy atom. The van der Waals surface area contributed by atoms with Crippen molar-refractivity contribution in [2.45, 2.75) is 32.0 Å². The van der Waals surface area contributed by atoms with Crippen molar-refractivity contribution >= 4 is 0 Å². The van der Waals surface area contributed by atoms with Crippen LogP contribution in [0.1, 0.15) is 19.8 Å². The second-order valence-corrected chi connectivity index (χ2v) is 3.89. The number of hydrogen-bond acceptors (Lipinski definition) is 4. The minimum absolute atomic E-state index is 0.296. The van der Waals surface area contributed by atoms with Crippen LogP contribution in [0.4, 0.5) is 0 Å². The van der Waals surface area contributed by atoms with Crippen LogP contribution >= 0.6 is 0 Å². The Morgan fingerprint density at radius 2 is 2.14 bits per heavy atom. The van der Waals surface area contributed by atoms with Crippen molar-refractivity contribution in [3.63, 3.8) is 0 Å². The van der Waals surface area contributed by atoms with Gasteiger partial charge in [-0.05, 0) is 19.8 Å². The number of nitrogens with zero attached hydrogens (tertiary/aromatic N) is 1. The maximum absolute atomic E-state index is 9.36. The Morgan fingerprint density at radius 1 is 1.50 bits per heavy atom. The van der Waals surface area contributed by atoms with E-state index in [0.717, 1.165) is 39.1 Å². The smallest absolute Gasteiger partial charge is 0.104 e. The van der Waals surface area contributed by atoms with Crippen molar-refractivity contribution in [3.05, 3.63) is 0 Å². The minimum atomic E-state index is -0.296. The second kappa shape index (κ2) is 6.35. The first kappa shape index (κ1) is 11.9. The zero-order valence-corrected chi connectivity index (χ0v) is 9.20. The highest BCUT2D eigenvalue weighted by atomic mass is 16.5. The summed E-state index contributed by atoms with van der Waals surface area (Å²) in [5.74, 6) is 0. The topological polar surface area (TPSA) is 44.7 Å². The number of rotatable bonds is 5. The van der Waals surface area contributed by atoms with Gasteiger partial charge in [0.2, 0.25) is 0 Å². The molecule has 0 aromatic heterocycles. The highest BCUT2D eigenvalue weighted by Gasteiger charge is 2.20. The van der Waals surface area contributed by atoms with Gasteiger partial charge in [-0.3, -0.25) is 4.90 Å². The Balaban J connectivity index is 2.09. The lowest BCUT2D eigenvalue weighted by Gasteiger charge is -2.34. The van der Waals surface area contributed by atoms with Gasteiger partial charge in [-0.2, -0.15) is 0 Å². The summed E-state index contributed by atoms with van der Waals surface area (Å²) >= 11 is 0. The first-order valence-corrected chi connectivity index (χ1v) is 5.38. The van der Waals surface area contributed by atoms with Gasteiger partial charge in [-0.25, -0.2) is 0 Å². The molecule has 1 rings (SSSR count). The molecule has 0 saturated carbocycles. The van der Waals surface area contributed by atoms with Gasteiger partial charge in [-0.1, -0.05) is 0 Å². The molecule has 0 aromatic rings. The lowest BCUT2D eigenvalue weighted by molar-refractivity contribution is 0.000747. The van der Waals surface area contributed by atoms with Crippen molar-refractivity contribution in [1.29, 1.82) is 0 Å². The molecule has 0 spiro atoms. The zero-order chi connectivity index (χ0) is 10.4. The summed E-state index contributed by atoms with van der Waals surface area (Å²) in [6.07, 6.45) is 1.94. The van der Waals surface area contributed by atoms with Gasteiger partial charge in [0.05, 0.1) is 6.61 Å². The van der Waals surface area contributed by atoms with E-state index in [2.05, 4.69) is 10.2 Å². The normalized spacial score (nSPS) is 22.5. The Labute approximate surface area is 86.2 Å². The molecule has 14 heavy (non-hydrogen) atoms. The maximum atomic E-state index is 9.36. The third kappa shape index (κ3) is 3.92. The van der Waals surface area contributed by atoms with Gasteiger partial charge >= 0.3 is 0 Å². The Bertz CT molecular complexity index is 145. The molecule has 2 N–H and O–H groups in total. The fourth-order valence-electron chi connectivity index (χ4n) is 1.84. The van der Waals surface area contributed by atoms with E-state index in [9.17, 15) is 5.11 Å². The average Bonchev–Trinajstić information content (AvgIpc) is 2.19. The van der Waals surface area contributed by atoms with Crippen LogP contribution in [0, 0.1) is 0 Å². The Kier molecular flexibility index (Phi) is 5.40. The zero-order valence-electron chi connectivity index (χ0n) is 9.20. The summed E-state index contributed by atoms with van der Waals surface area (Å²) in [7, 11) is 1.72. The van der Waals surface area contributed by atoms with E-state index < -0.39 is 0 Å². The number of likely N-dealkylation sites (tertiary alicyclic amines) is 1. The second-order valence-electron chi connectivity index (χ2n) is 3.89. The average molecular weight is 202 g/mol. The van der Waals surface area contributed by atoms with E-state index in [-0.39, 0.29) is 6.23 Å². The van der Waals surface area contributed by atoms with Crippen LogP contribution in [0.2, 0.25) is 0 Å². The number of piperidine rings is 1. The van der Waals surface area contributed by atoms with E-state index in [4.69, 9.17) is 4.74 Å². The predicted molar refractivity (Wildman–Crippen MR) is 56.2 cm³/mol. The molecule has 1 aliphatic rings. The molecule has 4 nitrogen and oxygen atoms in total. The summed E-state index contributed by atoms with van der Waals surface area (Å²) in [4.78, 5) is 2.11. The summed E-state index contributed by atoms with van der Waals surface area (Å²) < 4.78 is 4.98. The highest BCUT2D eigenvalue weighted by Crippen LogP contribution is 2.11. The predicted octanol–water partition coefficient (Wildman–Crippen LogP) is 0.0251. The molecule has 4 heteroatoms. The number of ether oxygens (including phenoxy) is 1. The van der Waals surface area contributed by atoms with Crippen LogP contribution in [-0.4, -0.2) is 55.6 Å². The quantitative estimate of drug-likeness (QED) is 0.617. The van der Waals surface area contributed by atoms with E-state index >= 15 is 0 Å². The molecule has 1 aliphatic heterocycles. The van der Waals surface area contributed by atoms with Crippen LogP contribution in [0.15, 0.2) is 0 Å². The summed E-state index contributed by atoms with van der Waals surface area (Å²) in [6.45, 7) is 5.51. The molecule has 1 heterocycles. The lowest BCUT2D eigenvalue weighted by atomic mass is 10.1. The molecular weight excluding hydrogens is 180 g/mol. The highest BCUT2D eigenvalue weighted by molar-refractivity contribution is 4.77. The van der Waals surface area contributed by atoms with Crippen molar-refractivity contribution in [1.82, 2.24) is 10.2 Å². The minimum Gasteiger partial charge on any atom is -0.383 e. The van der Waals surface area contributed by atoms with E-state index in [1.807, 2.05) is 6.92 Å². The number of aliphatic hydroxyl groups excluding tert-OH is 1. The van der Waals surface area contributed by atoms with Crippen LogP contribution in [0.3, 0.4) is 0 Å². The van der Waals surface area contributed by atoms with E-state index in [1.54, 1.807) is 7.11 Å². The van der Waals surface area contributed by atoms with Crippen LogP contribution < -0.4 is 5.32 Å². The molecular formula is C10H22N2O2. The number of methoxy groups -OCH3 is 1. The fourth-order valence-corrected chi connectivity index (χ4v) is 1.84. The standard InChI is InChI=1S/C10H22N2O2/c1-9(13)12-6-3-10(4-7-12)11-5-8-14-2/h9-11,13H,3-8H2,1-2H3. The molecule has 84 valence electrons. The van der Waals surface area contributed by atoms with Gasteiger partial charge in [-0.15, -0.1) is 0 Å². The van der Waals surface area contributed by atoms with Crippen molar-refractivity contribution in [2.24, 2.45) is 0 Å². The van der Waals surface area contributed by atoms with Gasteiger partial charge in [0.15, 0.2) is 0 Å². The number of hydrogen-bond donors (Lipinski definition) is 2. The van der Waals surface area contributed by atoms with Crippen LogP contribution in [-0.2, 0) is 4.74 Å². The maximum Gasteiger partial charge on any atom is 0.104 e. The van der Waals surface area contributed by atoms with E-state index in [0.29, 0.717) is 6.04 Å². The summed E-state index contributed by atoms with van der Waals surface area (Å²) in [5.41, 5.74) is 0. The third-order valence-electron chi connectivity index (χ3n) is 2.80. The molecule has 1 unspecified atom stereocenters. The monoisotopic (exact) mass is 202 g/mol. The Hall–Kier alpha value is -0.160. The SMILES string of the molecule is COCCNC1CCN(C(C)O)CC1. The lowest BCUT2D eigenvalue weighted by Crippen LogP contribution is -2.46. The number of aliphatic hydroxyl groups is 1. The van der Waals surface area contributed by atoms with Gasteiger partial charge in [0, 0.05) is 32.8 Å².